The molecule has 5 nitrogen and oxygen atoms in total. The second kappa shape index (κ2) is 11.8. The highest BCUT2D eigenvalue weighted by atomic mass is 16.5. The van der Waals surface area contributed by atoms with Gasteiger partial charge in [-0.2, -0.15) is 0 Å². The molecule has 1 N–H and O–H groups in total. The molecule has 0 radical (unpaired) electrons. The topological polar surface area (TPSA) is 56.8 Å². The van der Waals surface area contributed by atoms with E-state index in [4.69, 9.17) is 27.1 Å². The summed E-state index contributed by atoms with van der Waals surface area (Å²) in [5.74, 6) is 6.14. The van der Waals surface area contributed by atoms with E-state index in [1.165, 1.54) is 0 Å². The fourth-order valence-electron chi connectivity index (χ4n) is 4.20. The molecular weight excluding hydrogens is 402 g/mol. The summed E-state index contributed by atoms with van der Waals surface area (Å²) in [5, 5.41) is 3.23. The van der Waals surface area contributed by atoms with Crippen molar-refractivity contribution in [1.29, 1.82) is 0 Å². The first kappa shape index (κ1) is 23.3. The molecule has 1 aliphatic rings. The van der Waals surface area contributed by atoms with Gasteiger partial charge in [0.25, 0.3) is 5.91 Å². The van der Waals surface area contributed by atoms with Crippen LogP contribution in [0.5, 0.6) is 11.5 Å². The highest BCUT2D eigenvalue weighted by Crippen LogP contribution is 2.38. The molecule has 1 saturated carbocycles. The highest BCUT2D eigenvalue weighted by molar-refractivity contribution is 5.82. The van der Waals surface area contributed by atoms with E-state index in [-0.39, 0.29) is 31.1 Å². The molecule has 3 atom stereocenters. The standard InChI is InChI=1S/C27H29NO4/c1-4-17-31-24-16-15-21(19-25(24)30-3)22-13-9-10-14-23(22)28-27(29)26(32-18-5-2)20-11-7-6-8-12-20/h1-2,6-8,11-12,15-16,19,22-23,26H,9-10,13-14,17-18H2,3H3,(H,28,29)/t22-,23+,26?/m1/s1. The number of carbonyl (C=O) groups excluding carboxylic acids is 1. The lowest BCUT2D eigenvalue weighted by Crippen LogP contribution is -2.43. The van der Waals surface area contributed by atoms with E-state index < -0.39 is 6.10 Å². The van der Waals surface area contributed by atoms with Gasteiger partial charge in [-0.3, -0.25) is 4.79 Å². The van der Waals surface area contributed by atoms with Gasteiger partial charge in [0.15, 0.2) is 17.6 Å². The molecule has 2 aromatic rings. The van der Waals surface area contributed by atoms with Crippen LogP contribution in [-0.4, -0.2) is 32.3 Å². The molecule has 1 fully saturated rings. The summed E-state index contributed by atoms with van der Waals surface area (Å²) in [7, 11) is 1.61. The first-order valence-corrected chi connectivity index (χ1v) is 10.8. The normalized spacial score (nSPS) is 18.6. The number of rotatable bonds is 9. The highest BCUT2D eigenvalue weighted by Gasteiger charge is 2.31. The van der Waals surface area contributed by atoms with Crippen molar-refractivity contribution in [2.75, 3.05) is 20.3 Å². The molecule has 2 aromatic carbocycles. The zero-order valence-electron chi connectivity index (χ0n) is 18.4. The zero-order valence-corrected chi connectivity index (χ0v) is 18.4. The maximum absolute atomic E-state index is 13.2. The largest absolute Gasteiger partial charge is 0.493 e. The van der Waals surface area contributed by atoms with E-state index in [1.807, 2.05) is 48.5 Å². The molecule has 0 saturated heterocycles. The molecule has 32 heavy (non-hydrogen) atoms. The maximum atomic E-state index is 13.2. The third kappa shape index (κ3) is 5.84. The van der Waals surface area contributed by atoms with Crippen LogP contribution in [0.3, 0.4) is 0 Å². The van der Waals surface area contributed by atoms with Crippen LogP contribution in [0.2, 0.25) is 0 Å². The number of ether oxygens (including phenoxy) is 3. The van der Waals surface area contributed by atoms with Crippen LogP contribution in [0.25, 0.3) is 0 Å². The number of nitrogens with one attached hydrogen (secondary N) is 1. The minimum Gasteiger partial charge on any atom is -0.493 e. The van der Waals surface area contributed by atoms with Crippen molar-refractivity contribution in [3.63, 3.8) is 0 Å². The minimum atomic E-state index is -0.746. The smallest absolute Gasteiger partial charge is 0.254 e. The van der Waals surface area contributed by atoms with Crippen molar-refractivity contribution in [2.45, 2.75) is 43.7 Å². The molecule has 0 aromatic heterocycles. The molecule has 0 aliphatic heterocycles. The first-order chi connectivity index (χ1) is 15.7. The van der Waals surface area contributed by atoms with Gasteiger partial charge in [-0.25, -0.2) is 0 Å². The zero-order chi connectivity index (χ0) is 22.8. The Hall–Kier alpha value is -3.41. The summed E-state index contributed by atoms with van der Waals surface area (Å²) in [5.41, 5.74) is 1.88. The van der Waals surface area contributed by atoms with E-state index in [0.29, 0.717) is 11.5 Å². The summed E-state index contributed by atoms with van der Waals surface area (Å²) in [6, 6.07) is 15.3. The molecule has 1 unspecified atom stereocenters. The fourth-order valence-corrected chi connectivity index (χ4v) is 4.20. The van der Waals surface area contributed by atoms with E-state index in [1.54, 1.807) is 7.11 Å². The lowest BCUT2D eigenvalue weighted by atomic mass is 9.79. The Morgan fingerprint density at radius 2 is 1.81 bits per heavy atom. The van der Waals surface area contributed by atoms with Crippen LogP contribution in [0.15, 0.2) is 48.5 Å². The van der Waals surface area contributed by atoms with Crippen molar-refractivity contribution in [1.82, 2.24) is 5.32 Å². The maximum Gasteiger partial charge on any atom is 0.254 e. The third-order valence-corrected chi connectivity index (χ3v) is 5.69. The number of terminal acetylenes is 2. The first-order valence-electron chi connectivity index (χ1n) is 10.8. The second-order valence-electron chi connectivity index (χ2n) is 7.71. The van der Waals surface area contributed by atoms with Crippen LogP contribution >= 0.6 is 0 Å². The van der Waals surface area contributed by atoms with E-state index in [2.05, 4.69) is 17.2 Å². The number of methoxy groups -OCH3 is 1. The van der Waals surface area contributed by atoms with E-state index >= 15 is 0 Å². The van der Waals surface area contributed by atoms with Crippen LogP contribution in [0.4, 0.5) is 0 Å². The molecule has 166 valence electrons. The van der Waals surface area contributed by atoms with E-state index in [0.717, 1.165) is 36.8 Å². The fraction of sp³-hybridized carbons (Fsp3) is 0.370. The van der Waals surface area contributed by atoms with Crippen molar-refractivity contribution in [3.05, 3.63) is 59.7 Å². The average Bonchev–Trinajstić information content (AvgIpc) is 2.84. The summed E-state index contributed by atoms with van der Waals surface area (Å²) in [6.45, 7) is 0.244. The Labute approximate surface area is 190 Å². The van der Waals surface area contributed by atoms with Crippen LogP contribution in [-0.2, 0) is 9.53 Å². The predicted octanol–water partition coefficient (Wildman–Crippen LogP) is 4.24. The number of benzene rings is 2. The molecular formula is C27H29NO4. The van der Waals surface area contributed by atoms with Gasteiger partial charge in [-0.1, -0.05) is 61.1 Å². The van der Waals surface area contributed by atoms with Gasteiger partial charge in [-0.15, -0.1) is 12.8 Å². The van der Waals surface area contributed by atoms with Gasteiger partial charge in [0.2, 0.25) is 0 Å². The Morgan fingerprint density at radius 3 is 2.53 bits per heavy atom. The minimum absolute atomic E-state index is 0.0147. The average molecular weight is 432 g/mol. The summed E-state index contributed by atoms with van der Waals surface area (Å²) in [4.78, 5) is 13.2. The van der Waals surface area contributed by atoms with Crippen LogP contribution < -0.4 is 14.8 Å². The summed E-state index contributed by atoms with van der Waals surface area (Å²) < 4.78 is 16.8. The van der Waals surface area contributed by atoms with Gasteiger partial charge >= 0.3 is 0 Å². The monoisotopic (exact) mass is 431 g/mol. The summed E-state index contributed by atoms with van der Waals surface area (Å²) in [6.07, 6.45) is 13.9. The molecule has 0 spiro atoms. The van der Waals surface area contributed by atoms with Crippen LogP contribution in [0.1, 0.15) is 48.8 Å². The van der Waals surface area contributed by atoms with Gasteiger partial charge < -0.3 is 19.5 Å². The van der Waals surface area contributed by atoms with Gasteiger partial charge in [0.05, 0.1) is 7.11 Å². The molecule has 5 heteroatoms. The molecule has 1 aliphatic carbocycles. The summed E-state index contributed by atoms with van der Waals surface area (Å²) >= 11 is 0. The Morgan fingerprint density at radius 1 is 1.06 bits per heavy atom. The van der Waals surface area contributed by atoms with Crippen molar-refractivity contribution in [3.8, 4) is 36.2 Å². The SMILES string of the molecule is C#CCOc1ccc([C@H]2CCCC[C@@H]2NC(=O)C(OCC#C)c2ccccc2)cc1OC. The molecule has 0 heterocycles. The molecule has 3 rings (SSSR count). The number of amides is 1. The van der Waals surface area contributed by atoms with Crippen LogP contribution in [0, 0.1) is 24.7 Å². The Kier molecular flexibility index (Phi) is 8.61. The van der Waals surface area contributed by atoms with Gasteiger partial charge in [-0.05, 0) is 36.1 Å². The van der Waals surface area contributed by atoms with Gasteiger partial charge in [0.1, 0.15) is 13.2 Å². The number of carbonyl (C=O) groups is 1. The van der Waals surface area contributed by atoms with Crippen molar-refractivity contribution < 1.29 is 19.0 Å². The quantitative estimate of drug-likeness (QED) is 0.604. The second-order valence-corrected chi connectivity index (χ2v) is 7.71. The Balaban J connectivity index is 1.79. The molecule has 1 amide bonds. The van der Waals surface area contributed by atoms with Gasteiger partial charge in [0, 0.05) is 12.0 Å². The predicted molar refractivity (Wildman–Crippen MR) is 124 cm³/mol. The van der Waals surface area contributed by atoms with Crippen molar-refractivity contribution >= 4 is 5.91 Å². The Bertz CT molecular complexity index is 973. The number of hydrogen-bond acceptors (Lipinski definition) is 4. The number of hydrogen-bond donors (Lipinski definition) is 1. The lowest BCUT2D eigenvalue weighted by Gasteiger charge is -2.34. The molecule has 0 bridgehead atoms. The lowest BCUT2D eigenvalue weighted by molar-refractivity contribution is -0.133. The van der Waals surface area contributed by atoms with E-state index in [9.17, 15) is 4.79 Å². The third-order valence-electron chi connectivity index (χ3n) is 5.69. The van der Waals surface area contributed by atoms with Crippen molar-refractivity contribution in [2.24, 2.45) is 0 Å².